The van der Waals surface area contributed by atoms with Crippen LogP contribution in [-0.2, 0) is 4.79 Å². The molecule has 3 heteroatoms. The van der Waals surface area contributed by atoms with E-state index in [-0.39, 0.29) is 5.91 Å². The molecule has 0 spiro atoms. The first kappa shape index (κ1) is 16.1. The second-order valence-corrected chi connectivity index (χ2v) is 5.52. The fourth-order valence-electron chi connectivity index (χ4n) is 2.42. The summed E-state index contributed by atoms with van der Waals surface area (Å²) in [5, 5.41) is 3.30. The maximum atomic E-state index is 12.4. The Morgan fingerprint density at radius 3 is 2.41 bits per heavy atom. The van der Waals surface area contributed by atoms with Crippen LogP contribution in [0.3, 0.4) is 0 Å². The zero-order chi connectivity index (χ0) is 15.9. The van der Waals surface area contributed by atoms with Gasteiger partial charge in [0, 0.05) is 30.9 Å². The lowest BCUT2D eigenvalue weighted by Gasteiger charge is -2.21. The van der Waals surface area contributed by atoms with Gasteiger partial charge in [0.1, 0.15) is 0 Å². The number of nitrogens with one attached hydrogen (secondary N) is 1. The molecule has 0 saturated carbocycles. The van der Waals surface area contributed by atoms with Gasteiger partial charge in [0.25, 0.3) is 0 Å². The quantitative estimate of drug-likeness (QED) is 0.868. The second kappa shape index (κ2) is 7.64. The summed E-state index contributed by atoms with van der Waals surface area (Å²) in [6.45, 7) is 7.44. The van der Waals surface area contributed by atoms with Crippen LogP contribution in [0.1, 0.15) is 24.5 Å². The predicted octanol–water partition coefficient (Wildman–Crippen LogP) is 4.16. The molecule has 0 aromatic heterocycles. The molecule has 0 saturated heterocycles. The molecule has 2 aromatic carbocycles. The van der Waals surface area contributed by atoms with Crippen molar-refractivity contribution in [2.75, 3.05) is 23.3 Å². The van der Waals surface area contributed by atoms with Crippen molar-refractivity contribution in [3.8, 4) is 0 Å². The molecule has 1 amide bonds. The monoisotopic (exact) mass is 296 g/mol. The van der Waals surface area contributed by atoms with Crippen LogP contribution in [0, 0.1) is 13.8 Å². The molecule has 0 bridgehead atoms. The lowest BCUT2D eigenvalue weighted by atomic mass is 10.2. The number of carbonyl (C=O) groups is 1. The number of hydrogen-bond donors (Lipinski definition) is 1. The SMILES string of the molecule is CCN(C(=O)CCNc1ccc(C)cc1)c1cccc(C)c1. The van der Waals surface area contributed by atoms with Crippen LogP contribution in [0.4, 0.5) is 11.4 Å². The van der Waals surface area contributed by atoms with Gasteiger partial charge >= 0.3 is 0 Å². The molecule has 0 aliphatic heterocycles. The molecule has 0 radical (unpaired) electrons. The highest BCUT2D eigenvalue weighted by Crippen LogP contribution is 2.17. The van der Waals surface area contributed by atoms with E-state index < -0.39 is 0 Å². The molecule has 1 N–H and O–H groups in total. The molecule has 0 unspecified atom stereocenters. The van der Waals surface area contributed by atoms with Gasteiger partial charge in [0.05, 0.1) is 0 Å². The highest BCUT2D eigenvalue weighted by molar-refractivity contribution is 5.93. The smallest absolute Gasteiger partial charge is 0.228 e. The summed E-state index contributed by atoms with van der Waals surface area (Å²) in [4.78, 5) is 14.3. The van der Waals surface area contributed by atoms with Crippen LogP contribution in [0.5, 0.6) is 0 Å². The average Bonchev–Trinajstić information content (AvgIpc) is 2.50. The Balaban J connectivity index is 1.91. The van der Waals surface area contributed by atoms with Crippen LogP contribution in [-0.4, -0.2) is 19.0 Å². The fourth-order valence-corrected chi connectivity index (χ4v) is 2.42. The average molecular weight is 296 g/mol. The van der Waals surface area contributed by atoms with Gasteiger partial charge in [-0.1, -0.05) is 29.8 Å². The largest absolute Gasteiger partial charge is 0.385 e. The summed E-state index contributed by atoms with van der Waals surface area (Å²) in [7, 11) is 0. The Morgan fingerprint density at radius 1 is 1.05 bits per heavy atom. The number of rotatable bonds is 6. The van der Waals surface area contributed by atoms with Gasteiger partial charge in [0.15, 0.2) is 0 Å². The Bertz CT molecular complexity index is 620. The van der Waals surface area contributed by atoms with E-state index in [0.29, 0.717) is 19.5 Å². The van der Waals surface area contributed by atoms with Crippen molar-refractivity contribution >= 4 is 17.3 Å². The van der Waals surface area contributed by atoms with E-state index in [9.17, 15) is 4.79 Å². The Labute approximate surface area is 133 Å². The molecule has 2 aromatic rings. The van der Waals surface area contributed by atoms with E-state index in [1.807, 2.05) is 49.1 Å². The molecule has 0 atom stereocenters. The maximum absolute atomic E-state index is 12.4. The first-order valence-electron chi connectivity index (χ1n) is 7.77. The molecule has 116 valence electrons. The number of carbonyl (C=O) groups excluding carboxylic acids is 1. The lowest BCUT2D eigenvalue weighted by molar-refractivity contribution is -0.118. The van der Waals surface area contributed by atoms with E-state index in [4.69, 9.17) is 0 Å². The van der Waals surface area contributed by atoms with Crippen molar-refractivity contribution in [1.82, 2.24) is 0 Å². The highest BCUT2D eigenvalue weighted by atomic mass is 16.2. The zero-order valence-corrected chi connectivity index (χ0v) is 13.6. The fraction of sp³-hybridized carbons (Fsp3) is 0.316. The van der Waals surface area contributed by atoms with Gasteiger partial charge in [0.2, 0.25) is 5.91 Å². The van der Waals surface area contributed by atoms with E-state index in [1.165, 1.54) is 11.1 Å². The number of hydrogen-bond acceptors (Lipinski definition) is 2. The van der Waals surface area contributed by atoms with E-state index in [0.717, 1.165) is 11.4 Å². The molecule has 3 nitrogen and oxygen atoms in total. The van der Waals surface area contributed by atoms with Gasteiger partial charge in [-0.25, -0.2) is 0 Å². The number of anilines is 2. The van der Waals surface area contributed by atoms with E-state index in [2.05, 4.69) is 30.4 Å². The predicted molar refractivity (Wildman–Crippen MR) is 93.5 cm³/mol. The number of aryl methyl sites for hydroxylation is 2. The molecular weight excluding hydrogens is 272 g/mol. The Morgan fingerprint density at radius 2 is 1.77 bits per heavy atom. The van der Waals surface area contributed by atoms with E-state index >= 15 is 0 Å². The third-order valence-electron chi connectivity index (χ3n) is 3.65. The minimum absolute atomic E-state index is 0.146. The van der Waals surface area contributed by atoms with Gasteiger partial charge in [-0.2, -0.15) is 0 Å². The van der Waals surface area contributed by atoms with Gasteiger partial charge in [-0.15, -0.1) is 0 Å². The van der Waals surface area contributed by atoms with Crippen LogP contribution < -0.4 is 10.2 Å². The summed E-state index contributed by atoms with van der Waals surface area (Å²) < 4.78 is 0. The first-order valence-corrected chi connectivity index (χ1v) is 7.77. The molecule has 2 rings (SSSR count). The summed E-state index contributed by atoms with van der Waals surface area (Å²) in [5.74, 6) is 0.146. The van der Waals surface area contributed by atoms with Crippen LogP contribution in [0.2, 0.25) is 0 Å². The summed E-state index contributed by atoms with van der Waals surface area (Å²) >= 11 is 0. The third-order valence-corrected chi connectivity index (χ3v) is 3.65. The van der Waals surface area contributed by atoms with Gasteiger partial charge in [-0.05, 0) is 50.6 Å². The Hall–Kier alpha value is -2.29. The summed E-state index contributed by atoms with van der Waals surface area (Å²) in [6.07, 6.45) is 0.482. The second-order valence-electron chi connectivity index (χ2n) is 5.52. The van der Waals surface area contributed by atoms with Gasteiger partial charge < -0.3 is 10.2 Å². The normalized spacial score (nSPS) is 10.3. The molecule has 0 heterocycles. The van der Waals surface area contributed by atoms with Crippen LogP contribution in [0.15, 0.2) is 48.5 Å². The molecule has 0 fully saturated rings. The van der Waals surface area contributed by atoms with Crippen LogP contribution in [0.25, 0.3) is 0 Å². The summed E-state index contributed by atoms with van der Waals surface area (Å²) in [5.41, 5.74) is 4.43. The minimum atomic E-state index is 0.146. The zero-order valence-electron chi connectivity index (χ0n) is 13.6. The highest BCUT2D eigenvalue weighted by Gasteiger charge is 2.13. The van der Waals surface area contributed by atoms with Crippen molar-refractivity contribution in [2.45, 2.75) is 27.2 Å². The van der Waals surface area contributed by atoms with Crippen molar-refractivity contribution in [3.63, 3.8) is 0 Å². The topological polar surface area (TPSA) is 32.3 Å². The standard InChI is InChI=1S/C19H24N2O/c1-4-21(18-7-5-6-16(3)14-18)19(22)12-13-20-17-10-8-15(2)9-11-17/h5-11,14,20H,4,12-13H2,1-3H3. The number of benzene rings is 2. The first-order chi connectivity index (χ1) is 10.6. The maximum Gasteiger partial charge on any atom is 0.228 e. The van der Waals surface area contributed by atoms with Crippen LogP contribution >= 0.6 is 0 Å². The van der Waals surface area contributed by atoms with E-state index in [1.54, 1.807) is 0 Å². The lowest BCUT2D eigenvalue weighted by Crippen LogP contribution is -2.31. The van der Waals surface area contributed by atoms with Crippen molar-refractivity contribution < 1.29 is 4.79 Å². The molecular formula is C19H24N2O. The molecule has 0 aliphatic rings. The third kappa shape index (κ3) is 4.35. The number of amides is 1. The molecule has 0 aliphatic carbocycles. The summed E-state index contributed by atoms with van der Waals surface area (Å²) in [6, 6.07) is 16.3. The molecule has 22 heavy (non-hydrogen) atoms. The number of nitrogens with zero attached hydrogens (tertiary/aromatic N) is 1. The minimum Gasteiger partial charge on any atom is -0.385 e. The Kier molecular flexibility index (Phi) is 5.59. The van der Waals surface area contributed by atoms with Crippen molar-refractivity contribution in [2.24, 2.45) is 0 Å². The van der Waals surface area contributed by atoms with Crippen molar-refractivity contribution in [3.05, 3.63) is 59.7 Å². The van der Waals surface area contributed by atoms with Crippen molar-refractivity contribution in [1.29, 1.82) is 0 Å². The van der Waals surface area contributed by atoms with Gasteiger partial charge in [-0.3, -0.25) is 4.79 Å².